The number of allylic oxidation sites excluding steroid dienone is 4. The van der Waals surface area contributed by atoms with E-state index in [0.29, 0.717) is 24.7 Å². The van der Waals surface area contributed by atoms with E-state index in [1.807, 2.05) is 18.2 Å². The molecule has 1 N–H and O–H groups in total. The second-order valence-corrected chi connectivity index (χ2v) is 11.0. The van der Waals surface area contributed by atoms with Gasteiger partial charge in [-0.2, -0.15) is 0 Å². The molecule has 0 amide bonds. The number of methoxy groups -OCH3 is 2. The van der Waals surface area contributed by atoms with Crippen molar-refractivity contribution in [2.45, 2.75) is 57.8 Å². The predicted molar refractivity (Wildman–Crippen MR) is 137 cm³/mol. The molecule has 0 unspecified atom stereocenters. The fourth-order valence-corrected chi connectivity index (χ4v) is 8.00. The SMILES string of the molecule is COCC(=O)[C@@]1(C#CCO)CC[C@H]2[C@@H]3CCC4=CC(=O)CCC4=C3[C@@H](c3ccc(OC)cc3)C[C@@]21C. The summed E-state index contributed by atoms with van der Waals surface area (Å²) < 4.78 is 10.8. The number of hydrogen-bond acceptors (Lipinski definition) is 5. The molecule has 0 spiro atoms. The lowest BCUT2D eigenvalue weighted by Gasteiger charge is -2.54. The van der Waals surface area contributed by atoms with Crippen molar-refractivity contribution in [1.82, 2.24) is 0 Å². The normalized spacial score (nSPS) is 33.1. The highest BCUT2D eigenvalue weighted by atomic mass is 16.5. The Hall–Kier alpha value is -2.68. The Kier molecular flexibility index (Phi) is 6.70. The molecule has 4 aliphatic rings. The molecule has 0 aliphatic heterocycles. The van der Waals surface area contributed by atoms with Crippen molar-refractivity contribution < 1.29 is 24.2 Å². The lowest BCUT2D eigenvalue weighted by molar-refractivity contribution is -0.136. The van der Waals surface area contributed by atoms with Crippen molar-refractivity contribution in [3.63, 3.8) is 0 Å². The quantitative estimate of drug-likeness (QED) is 0.603. The van der Waals surface area contributed by atoms with Gasteiger partial charge >= 0.3 is 0 Å². The van der Waals surface area contributed by atoms with Crippen LogP contribution in [0.25, 0.3) is 0 Å². The van der Waals surface area contributed by atoms with Crippen LogP contribution in [-0.2, 0) is 14.3 Å². The van der Waals surface area contributed by atoms with Crippen LogP contribution in [0.4, 0.5) is 0 Å². The molecule has 0 radical (unpaired) electrons. The van der Waals surface area contributed by atoms with Gasteiger partial charge in [-0.3, -0.25) is 9.59 Å². The maximum Gasteiger partial charge on any atom is 0.176 e. The third-order valence-electron chi connectivity index (χ3n) is 9.58. The predicted octanol–water partition coefficient (Wildman–Crippen LogP) is 4.79. The van der Waals surface area contributed by atoms with Gasteiger partial charge in [0.25, 0.3) is 0 Å². The molecule has 5 atom stereocenters. The van der Waals surface area contributed by atoms with Crippen LogP contribution in [0.3, 0.4) is 0 Å². The van der Waals surface area contributed by atoms with E-state index in [1.54, 1.807) is 14.2 Å². The highest BCUT2D eigenvalue weighted by Crippen LogP contribution is 2.69. The second-order valence-electron chi connectivity index (χ2n) is 11.0. The van der Waals surface area contributed by atoms with Gasteiger partial charge in [0, 0.05) is 19.4 Å². The maximum absolute atomic E-state index is 13.7. The minimum atomic E-state index is -0.837. The Morgan fingerprint density at radius 1 is 1.14 bits per heavy atom. The molecule has 190 valence electrons. The smallest absolute Gasteiger partial charge is 0.176 e. The summed E-state index contributed by atoms with van der Waals surface area (Å²) in [5.41, 5.74) is 4.12. The first-order chi connectivity index (χ1) is 17.4. The number of carbonyl (C=O) groups excluding carboxylic acids is 2. The van der Waals surface area contributed by atoms with Gasteiger partial charge in [-0.05, 0) is 90.7 Å². The molecule has 0 saturated heterocycles. The first-order valence-corrected chi connectivity index (χ1v) is 13.1. The number of hydrogen-bond donors (Lipinski definition) is 1. The van der Waals surface area contributed by atoms with Crippen LogP contribution in [0.15, 0.2) is 47.1 Å². The number of aliphatic hydroxyl groups is 1. The molecular formula is C31H36O5. The molecule has 1 aromatic rings. The van der Waals surface area contributed by atoms with E-state index in [0.717, 1.165) is 37.9 Å². The Balaban J connectivity index is 1.69. The molecule has 36 heavy (non-hydrogen) atoms. The molecule has 0 aromatic heterocycles. The lowest BCUT2D eigenvalue weighted by Crippen LogP contribution is -2.51. The van der Waals surface area contributed by atoms with Crippen molar-refractivity contribution in [2.24, 2.45) is 22.7 Å². The standard InChI is InChI=1S/C31H36O5/c1-30-18-26(20-5-9-23(36-3)10-6-20)29-24-12-8-22(33)17-21(24)7-11-25(29)27(30)13-15-31(30,14-4-16-32)28(34)19-35-2/h5-6,9-10,17,25-27,32H,7-8,11-13,15-16,18-19H2,1-3H3/t25-,26+,27-,30-,31+/m0/s1. The first-order valence-electron chi connectivity index (χ1n) is 13.1. The Morgan fingerprint density at radius 2 is 1.92 bits per heavy atom. The molecule has 5 nitrogen and oxygen atoms in total. The van der Waals surface area contributed by atoms with E-state index in [9.17, 15) is 14.7 Å². The van der Waals surface area contributed by atoms with Crippen LogP contribution in [-0.4, -0.2) is 44.1 Å². The van der Waals surface area contributed by atoms with Crippen molar-refractivity contribution in [3.05, 3.63) is 52.6 Å². The zero-order valence-electron chi connectivity index (χ0n) is 21.6. The fraction of sp³-hybridized carbons (Fsp3) is 0.548. The van der Waals surface area contributed by atoms with E-state index in [-0.39, 0.29) is 36.1 Å². The van der Waals surface area contributed by atoms with Gasteiger partial charge in [0.15, 0.2) is 11.6 Å². The molecule has 4 aliphatic carbocycles. The molecule has 1 aromatic carbocycles. The molecule has 0 heterocycles. The summed E-state index contributed by atoms with van der Waals surface area (Å²) >= 11 is 0. The van der Waals surface area contributed by atoms with Crippen LogP contribution in [0.5, 0.6) is 5.75 Å². The summed E-state index contributed by atoms with van der Waals surface area (Å²) in [6.45, 7) is 2.03. The summed E-state index contributed by atoms with van der Waals surface area (Å²) in [5, 5.41) is 9.58. The maximum atomic E-state index is 13.7. The van der Waals surface area contributed by atoms with Gasteiger partial charge < -0.3 is 14.6 Å². The summed E-state index contributed by atoms with van der Waals surface area (Å²) in [4.78, 5) is 26.0. The number of aliphatic hydroxyl groups excluding tert-OH is 1. The average molecular weight is 489 g/mol. The third kappa shape index (κ3) is 3.78. The highest BCUT2D eigenvalue weighted by Gasteiger charge is 2.65. The van der Waals surface area contributed by atoms with Gasteiger partial charge in [-0.1, -0.05) is 36.5 Å². The molecule has 5 rings (SSSR count). The summed E-state index contributed by atoms with van der Waals surface area (Å²) in [5.74, 6) is 8.06. The van der Waals surface area contributed by atoms with Crippen LogP contribution in [0.1, 0.15) is 63.4 Å². The second kappa shape index (κ2) is 9.65. The highest BCUT2D eigenvalue weighted by molar-refractivity contribution is 5.93. The van der Waals surface area contributed by atoms with Crippen LogP contribution >= 0.6 is 0 Å². The van der Waals surface area contributed by atoms with E-state index in [2.05, 4.69) is 30.9 Å². The zero-order chi connectivity index (χ0) is 25.5. The monoisotopic (exact) mass is 488 g/mol. The topological polar surface area (TPSA) is 72.8 Å². The third-order valence-corrected chi connectivity index (χ3v) is 9.58. The Bertz CT molecular complexity index is 1180. The van der Waals surface area contributed by atoms with E-state index < -0.39 is 5.41 Å². The molecular weight excluding hydrogens is 452 g/mol. The van der Waals surface area contributed by atoms with Gasteiger partial charge in [-0.15, -0.1) is 0 Å². The largest absolute Gasteiger partial charge is 0.497 e. The van der Waals surface area contributed by atoms with Gasteiger partial charge in [0.2, 0.25) is 0 Å². The van der Waals surface area contributed by atoms with Crippen LogP contribution in [0, 0.1) is 34.5 Å². The van der Waals surface area contributed by atoms with E-state index >= 15 is 0 Å². The number of ketones is 2. The number of rotatable bonds is 5. The number of fused-ring (bicyclic) bond motifs is 4. The molecule has 2 fully saturated rings. The van der Waals surface area contributed by atoms with E-state index in [1.165, 1.54) is 22.3 Å². The first kappa shape index (κ1) is 25.0. The minimum Gasteiger partial charge on any atom is -0.497 e. The molecule has 0 bridgehead atoms. The summed E-state index contributed by atoms with van der Waals surface area (Å²) in [7, 11) is 3.23. The summed E-state index contributed by atoms with van der Waals surface area (Å²) in [6.07, 6.45) is 7.60. The van der Waals surface area contributed by atoms with Crippen molar-refractivity contribution in [2.75, 3.05) is 27.4 Å². The van der Waals surface area contributed by atoms with Gasteiger partial charge in [-0.25, -0.2) is 0 Å². The number of Topliss-reactive ketones (excluding diaryl/α,β-unsaturated/α-hetero) is 1. The van der Waals surface area contributed by atoms with Crippen LogP contribution < -0.4 is 4.74 Å². The van der Waals surface area contributed by atoms with Crippen molar-refractivity contribution in [1.29, 1.82) is 0 Å². The average Bonchev–Trinajstić information content (AvgIpc) is 3.19. The van der Waals surface area contributed by atoms with Crippen molar-refractivity contribution in [3.8, 4) is 17.6 Å². The zero-order valence-corrected chi connectivity index (χ0v) is 21.6. The van der Waals surface area contributed by atoms with Gasteiger partial charge in [0.05, 0.1) is 12.5 Å². The number of carbonyl (C=O) groups is 2. The lowest BCUT2D eigenvalue weighted by atomic mass is 9.48. The van der Waals surface area contributed by atoms with E-state index in [4.69, 9.17) is 9.47 Å². The Morgan fingerprint density at radius 3 is 2.61 bits per heavy atom. The fourth-order valence-electron chi connectivity index (χ4n) is 8.00. The van der Waals surface area contributed by atoms with Crippen molar-refractivity contribution >= 4 is 11.6 Å². The molecule has 5 heteroatoms. The minimum absolute atomic E-state index is 0.0280. The molecule has 2 saturated carbocycles. The number of ether oxygens (including phenoxy) is 2. The number of benzene rings is 1. The summed E-state index contributed by atoms with van der Waals surface area (Å²) in [6, 6.07) is 8.32. The van der Waals surface area contributed by atoms with Crippen LogP contribution in [0.2, 0.25) is 0 Å². The van der Waals surface area contributed by atoms with Gasteiger partial charge in [0.1, 0.15) is 19.0 Å². The Labute approximate surface area is 213 Å².